The van der Waals surface area contributed by atoms with Crippen molar-refractivity contribution in [1.82, 2.24) is 10.3 Å². The summed E-state index contributed by atoms with van der Waals surface area (Å²) in [6.45, 7) is 0.469. The summed E-state index contributed by atoms with van der Waals surface area (Å²) < 4.78 is 5.53. The standard InChI is InChI=1S/C27H19ClN2O2/c28-19-11-12-20-18(13-15-29-26(20)16-19)6-5-14-30-27(31)32-17-25-23-9-3-1-7-21(23)22-8-2-4-10-24(22)25/h1-4,7-13,15-16,25H,14,17H2,(H,30,31). The maximum Gasteiger partial charge on any atom is 0.407 e. The minimum atomic E-state index is -0.479. The average Bonchev–Trinajstić information content (AvgIpc) is 3.14. The van der Waals surface area contributed by atoms with Crippen molar-refractivity contribution in [1.29, 1.82) is 0 Å². The van der Waals surface area contributed by atoms with Gasteiger partial charge in [0, 0.05) is 28.1 Å². The van der Waals surface area contributed by atoms with Crippen molar-refractivity contribution in [2.75, 3.05) is 13.2 Å². The van der Waals surface area contributed by atoms with Crippen molar-refractivity contribution in [3.63, 3.8) is 0 Å². The first-order valence-corrected chi connectivity index (χ1v) is 10.7. The third kappa shape index (κ3) is 3.91. The number of carbonyl (C=O) groups excluding carboxylic acids is 1. The van der Waals surface area contributed by atoms with Crippen LogP contribution in [0.1, 0.15) is 22.6 Å². The van der Waals surface area contributed by atoms with E-state index in [-0.39, 0.29) is 19.1 Å². The molecule has 1 aliphatic rings. The lowest BCUT2D eigenvalue weighted by Gasteiger charge is -2.14. The number of halogens is 1. The molecule has 0 bridgehead atoms. The van der Waals surface area contributed by atoms with Gasteiger partial charge in [0.15, 0.2) is 0 Å². The van der Waals surface area contributed by atoms with Gasteiger partial charge in [0.1, 0.15) is 6.61 Å². The molecule has 4 aromatic rings. The predicted molar refractivity (Wildman–Crippen MR) is 127 cm³/mol. The molecule has 0 radical (unpaired) electrons. The van der Waals surface area contributed by atoms with Gasteiger partial charge in [-0.1, -0.05) is 78.0 Å². The highest BCUT2D eigenvalue weighted by molar-refractivity contribution is 6.31. The number of alkyl carbamates (subject to hydrolysis) is 1. The Balaban J connectivity index is 1.21. The second-order valence-corrected chi connectivity index (χ2v) is 7.94. The number of ether oxygens (including phenoxy) is 1. The van der Waals surface area contributed by atoms with Crippen LogP contribution in [0.25, 0.3) is 22.0 Å². The zero-order valence-electron chi connectivity index (χ0n) is 17.1. The van der Waals surface area contributed by atoms with Crippen LogP contribution in [-0.4, -0.2) is 24.2 Å². The van der Waals surface area contributed by atoms with Gasteiger partial charge in [-0.05, 0) is 40.5 Å². The van der Waals surface area contributed by atoms with E-state index in [4.69, 9.17) is 16.3 Å². The number of aromatic nitrogens is 1. The number of benzene rings is 3. The van der Waals surface area contributed by atoms with Gasteiger partial charge in [-0.15, -0.1) is 0 Å². The third-order valence-corrected chi connectivity index (χ3v) is 5.83. The SMILES string of the molecule is O=C(NCC#Cc1ccnc2cc(Cl)ccc12)OCC1c2ccccc2-c2ccccc21. The minimum absolute atomic E-state index is 0.0363. The van der Waals surface area contributed by atoms with E-state index in [2.05, 4.69) is 46.4 Å². The second-order valence-electron chi connectivity index (χ2n) is 7.50. The van der Waals surface area contributed by atoms with Crippen molar-refractivity contribution in [3.05, 3.63) is 101 Å². The van der Waals surface area contributed by atoms with E-state index in [0.717, 1.165) is 16.5 Å². The molecule has 1 N–H and O–H groups in total. The molecule has 1 heterocycles. The van der Waals surface area contributed by atoms with Gasteiger partial charge in [-0.25, -0.2) is 4.79 Å². The minimum Gasteiger partial charge on any atom is -0.449 e. The molecule has 0 fully saturated rings. The zero-order valence-corrected chi connectivity index (χ0v) is 17.9. The highest BCUT2D eigenvalue weighted by Crippen LogP contribution is 2.44. The number of nitrogens with zero attached hydrogens (tertiary/aromatic N) is 1. The number of pyridine rings is 1. The summed E-state index contributed by atoms with van der Waals surface area (Å²) in [7, 11) is 0. The van der Waals surface area contributed by atoms with Crippen molar-refractivity contribution in [3.8, 4) is 23.0 Å². The summed E-state index contributed by atoms with van der Waals surface area (Å²) in [5.74, 6) is 6.09. The molecule has 156 valence electrons. The van der Waals surface area contributed by atoms with Gasteiger partial charge < -0.3 is 10.1 Å². The monoisotopic (exact) mass is 438 g/mol. The molecule has 1 aliphatic carbocycles. The molecular weight excluding hydrogens is 420 g/mol. The zero-order chi connectivity index (χ0) is 21.9. The fourth-order valence-electron chi connectivity index (χ4n) is 4.14. The Kier molecular flexibility index (Phi) is 5.49. The summed E-state index contributed by atoms with van der Waals surface area (Å²) in [4.78, 5) is 16.6. The summed E-state index contributed by atoms with van der Waals surface area (Å²) in [5, 5.41) is 4.26. The number of carbonyl (C=O) groups is 1. The van der Waals surface area contributed by atoms with Crippen molar-refractivity contribution in [2.45, 2.75) is 5.92 Å². The molecule has 0 unspecified atom stereocenters. The number of fused-ring (bicyclic) bond motifs is 4. The van der Waals surface area contributed by atoms with Crippen molar-refractivity contribution < 1.29 is 9.53 Å². The van der Waals surface area contributed by atoms with E-state index in [9.17, 15) is 4.79 Å². The van der Waals surface area contributed by atoms with Crippen molar-refractivity contribution in [2.24, 2.45) is 0 Å². The first kappa shape index (κ1) is 20.1. The highest BCUT2D eigenvalue weighted by atomic mass is 35.5. The molecule has 1 amide bonds. The van der Waals surface area contributed by atoms with Crippen LogP contribution in [0, 0.1) is 11.8 Å². The van der Waals surface area contributed by atoms with Gasteiger partial charge in [0.25, 0.3) is 0 Å². The maximum absolute atomic E-state index is 12.3. The van der Waals surface area contributed by atoms with Crippen LogP contribution in [0.3, 0.4) is 0 Å². The Labute approximate surface area is 191 Å². The Hall–Kier alpha value is -3.81. The fraction of sp³-hybridized carbons (Fsp3) is 0.111. The largest absolute Gasteiger partial charge is 0.449 e. The molecule has 3 aromatic carbocycles. The van der Waals surface area contributed by atoms with Crippen molar-refractivity contribution >= 4 is 28.6 Å². The molecule has 0 aliphatic heterocycles. The molecule has 4 nitrogen and oxygen atoms in total. The quantitative estimate of drug-likeness (QED) is 0.412. The first-order chi connectivity index (χ1) is 15.7. The van der Waals surface area contributed by atoms with Crippen LogP contribution < -0.4 is 5.32 Å². The van der Waals surface area contributed by atoms with Crippen LogP contribution in [0.4, 0.5) is 4.79 Å². The Morgan fingerprint density at radius 2 is 1.72 bits per heavy atom. The predicted octanol–water partition coefficient (Wildman–Crippen LogP) is 5.78. The lowest BCUT2D eigenvalue weighted by Crippen LogP contribution is -2.26. The summed E-state index contributed by atoms with van der Waals surface area (Å²) in [6.07, 6.45) is 1.22. The van der Waals surface area contributed by atoms with E-state index in [0.29, 0.717) is 5.02 Å². The number of hydrogen-bond acceptors (Lipinski definition) is 3. The third-order valence-electron chi connectivity index (χ3n) is 5.59. The molecular formula is C27H19ClN2O2. The Morgan fingerprint density at radius 3 is 2.47 bits per heavy atom. The maximum atomic E-state index is 12.3. The van der Waals surface area contributed by atoms with Crippen LogP contribution >= 0.6 is 11.6 Å². The van der Waals surface area contributed by atoms with E-state index in [1.807, 2.05) is 42.5 Å². The lowest BCUT2D eigenvalue weighted by molar-refractivity contribution is 0.144. The van der Waals surface area contributed by atoms with Crippen LogP contribution in [0.15, 0.2) is 79.0 Å². The van der Waals surface area contributed by atoms with Gasteiger partial charge in [-0.2, -0.15) is 0 Å². The molecule has 1 aromatic heterocycles. The summed E-state index contributed by atoms with van der Waals surface area (Å²) in [6, 6.07) is 23.9. The molecule has 0 spiro atoms. The van der Waals surface area contributed by atoms with E-state index >= 15 is 0 Å². The average molecular weight is 439 g/mol. The highest BCUT2D eigenvalue weighted by Gasteiger charge is 2.28. The number of amides is 1. The fourth-order valence-corrected chi connectivity index (χ4v) is 4.30. The van der Waals surface area contributed by atoms with Crippen LogP contribution in [0.5, 0.6) is 0 Å². The molecule has 0 saturated carbocycles. The molecule has 5 heteroatoms. The molecule has 0 saturated heterocycles. The molecule has 32 heavy (non-hydrogen) atoms. The number of nitrogens with one attached hydrogen (secondary N) is 1. The van der Waals surface area contributed by atoms with Gasteiger partial charge in [0.2, 0.25) is 0 Å². The Bertz CT molecular complexity index is 1340. The smallest absolute Gasteiger partial charge is 0.407 e. The summed E-state index contributed by atoms with van der Waals surface area (Å²) >= 11 is 6.03. The molecule has 0 atom stereocenters. The first-order valence-electron chi connectivity index (χ1n) is 10.3. The number of rotatable bonds is 3. The van der Waals surface area contributed by atoms with Crippen LogP contribution in [-0.2, 0) is 4.74 Å². The summed E-state index contributed by atoms with van der Waals surface area (Å²) in [5.41, 5.74) is 6.40. The van der Waals surface area contributed by atoms with Gasteiger partial charge >= 0.3 is 6.09 Å². The van der Waals surface area contributed by atoms with Gasteiger partial charge in [-0.3, -0.25) is 4.98 Å². The lowest BCUT2D eigenvalue weighted by atomic mass is 9.98. The topological polar surface area (TPSA) is 51.2 Å². The van der Waals surface area contributed by atoms with Crippen LogP contribution in [0.2, 0.25) is 5.02 Å². The van der Waals surface area contributed by atoms with Gasteiger partial charge in [0.05, 0.1) is 12.1 Å². The molecule has 5 rings (SSSR count). The normalized spacial score (nSPS) is 11.9. The van der Waals surface area contributed by atoms with E-state index in [1.54, 1.807) is 12.3 Å². The van der Waals surface area contributed by atoms with E-state index in [1.165, 1.54) is 22.3 Å². The van der Waals surface area contributed by atoms with E-state index < -0.39 is 6.09 Å². The number of hydrogen-bond donors (Lipinski definition) is 1. The Morgan fingerprint density at radius 1 is 1.00 bits per heavy atom. The second kappa shape index (κ2) is 8.74.